The van der Waals surface area contributed by atoms with E-state index in [2.05, 4.69) is 34.7 Å². The smallest absolute Gasteiger partial charge is 0.335 e. The van der Waals surface area contributed by atoms with Gasteiger partial charge in [0.15, 0.2) is 0 Å². The molecule has 0 aromatic carbocycles. The summed E-state index contributed by atoms with van der Waals surface area (Å²) in [7, 11) is 0. The lowest BCUT2D eigenvalue weighted by atomic mass is 9.69. The first-order chi connectivity index (χ1) is 7.24. The van der Waals surface area contributed by atoms with Crippen LogP contribution in [0.3, 0.4) is 0 Å². The van der Waals surface area contributed by atoms with E-state index in [0.29, 0.717) is 30.3 Å². The van der Waals surface area contributed by atoms with E-state index in [1.165, 1.54) is 10.0 Å². The van der Waals surface area contributed by atoms with Crippen LogP contribution in [0.1, 0.15) is 13.3 Å². The minimum Gasteiger partial charge on any atom is -0.463 e. The number of ether oxygens (including phenoxy) is 1. The number of rotatable bonds is 2. The minimum atomic E-state index is -0.0795. The summed E-state index contributed by atoms with van der Waals surface area (Å²) >= 11 is 2.33. The molecule has 3 aliphatic carbocycles. The maximum atomic E-state index is 11.7. The molecule has 3 aliphatic rings. The van der Waals surface area contributed by atoms with Crippen LogP contribution in [0.15, 0.2) is 21.3 Å². The second kappa shape index (κ2) is 3.34. The summed E-state index contributed by atoms with van der Waals surface area (Å²) in [4.78, 5) is 11.7. The van der Waals surface area contributed by atoms with Crippen LogP contribution in [0, 0.1) is 23.7 Å². The zero-order valence-electron chi connectivity index (χ0n) is 8.57. The third-order valence-corrected chi connectivity index (χ3v) is 5.14. The Labute approximate surface area is 103 Å². The number of esters is 1. The van der Waals surface area contributed by atoms with Crippen molar-refractivity contribution < 1.29 is 9.53 Å². The number of carbonyl (C=O) groups excluding carboxylic acids is 1. The molecule has 2 bridgehead atoms. The van der Waals surface area contributed by atoms with Gasteiger partial charge in [-0.2, -0.15) is 0 Å². The average Bonchev–Trinajstić information content (AvgIpc) is 2.74. The molecule has 0 spiro atoms. The molecule has 0 heterocycles. The molecular weight excluding hydrogens is 303 g/mol. The van der Waals surface area contributed by atoms with Crippen molar-refractivity contribution in [2.45, 2.75) is 13.3 Å². The number of hydrogen-bond donors (Lipinski definition) is 0. The van der Waals surface area contributed by atoms with Crippen LogP contribution in [0.2, 0.25) is 0 Å². The Morgan fingerprint density at radius 1 is 1.47 bits per heavy atom. The van der Waals surface area contributed by atoms with Crippen molar-refractivity contribution in [3.63, 3.8) is 0 Å². The molecule has 80 valence electrons. The first-order valence-corrected chi connectivity index (χ1v) is 6.57. The van der Waals surface area contributed by atoms with Crippen molar-refractivity contribution >= 4 is 28.6 Å². The highest BCUT2D eigenvalue weighted by atomic mass is 127. The molecule has 1 saturated carbocycles. The number of carbonyl (C=O) groups is 1. The van der Waals surface area contributed by atoms with Gasteiger partial charge in [0, 0.05) is 15.4 Å². The molecule has 3 rings (SSSR count). The van der Waals surface area contributed by atoms with Crippen LogP contribution in [0.5, 0.6) is 0 Å². The summed E-state index contributed by atoms with van der Waals surface area (Å²) in [6.07, 6.45) is 5.85. The maximum Gasteiger partial charge on any atom is 0.335 e. The first kappa shape index (κ1) is 9.87. The highest BCUT2D eigenvalue weighted by Crippen LogP contribution is 2.62. The lowest BCUT2D eigenvalue weighted by Crippen LogP contribution is -2.36. The Morgan fingerprint density at radius 3 is 2.80 bits per heavy atom. The highest BCUT2D eigenvalue weighted by Gasteiger charge is 2.56. The SMILES string of the molecule is CCOC(=O)C1=C(I)[C@H]2[C@@H]1[C@@H]1C=C[C@H]2C1. The monoisotopic (exact) mass is 316 g/mol. The van der Waals surface area contributed by atoms with E-state index >= 15 is 0 Å². The summed E-state index contributed by atoms with van der Waals surface area (Å²) in [5.41, 5.74) is 0.972. The van der Waals surface area contributed by atoms with Crippen molar-refractivity contribution in [3.05, 3.63) is 21.3 Å². The summed E-state index contributed by atoms with van der Waals surface area (Å²) in [6.45, 7) is 2.34. The number of hydrogen-bond acceptors (Lipinski definition) is 2. The Kier molecular flexibility index (Phi) is 2.20. The van der Waals surface area contributed by atoms with Gasteiger partial charge < -0.3 is 4.74 Å². The fourth-order valence-electron chi connectivity index (χ4n) is 3.25. The molecule has 0 radical (unpaired) electrons. The molecule has 15 heavy (non-hydrogen) atoms. The van der Waals surface area contributed by atoms with Crippen LogP contribution < -0.4 is 0 Å². The molecule has 3 heteroatoms. The van der Waals surface area contributed by atoms with E-state index in [4.69, 9.17) is 4.74 Å². The van der Waals surface area contributed by atoms with Crippen molar-refractivity contribution in [2.24, 2.45) is 23.7 Å². The van der Waals surface area contributed by atoms with E-state index < -0.39 is 0 Å². The normalized spacial score (nSPS) is 40.4. The molecule has 1 fully saturated rings. The Balaban J connectivity index is 1.87. The molecule has 0 aromatic heterocycles. The van der Waals surface area contributed by atoms with Gasteiger partial charge in [-0.1, -0.05) is 12.2 Å². The second-order valence-electron chi connectivity index (χ2n) is 4.48. The molecule has 0 saturated heterocycles. The minimum absolute atomic E-state index is 0.0795. The average molecular weight is 316 g/mol. The highest BCUT2D eigenvalue weighted by molar-refractivity contribution is 14.1. The zero-order chi connectivity index (χ0) is 10.6. The molecular formula is C12H13IO2. The fraction of sp³-hybridized carbons (Fsp3) is 0.583. The zero-order valence-corrected chi connectivity index (χ0v) is 10.7. The van der Waals surface area contributed by atoms with Crippen molar-refractivity contribution in [1.82, 2.24) is 0 Å². The van der Waals surface area contributed by atoms with Crippen LogP contribution in [-0.4, -0.2) is 12.6 Å². The van der Waals surface area contributed by atoms with E-state index in [1.807, 2.05) is 6.92 Å². The van der Waals surface area contributed by atoms with Crippen molar-refractivity contribution in [1.29, 1.82) is 0 Å². The van der Waals surface area contributed by atoms with Gasteiger partial charge in [-0.05, 0) is 47.8 Å². The number of allylic oxidation sites excluding steroid dienone is 3. The predicted molar refractivity (Wildman–Crippen MR) is 65.4 cm³/mol. The van der Waals surface area contributed by atoms with E-state index in [0.717, 1.165) is 5.57 Å². The largest absolute Gasteiger partial charge is 0.463 e. The van der Waals surface area contributed by atoms with Crippen molar-refractivity contribution in [2.75, 3.05) is 6.61 Å². The second-order valence-corrected chi connectivity index (χ2v) is 5.64. The molecule has 4 atom stereocenters. The van der Waals surface area contributed by atoms with Gasteiger partial charge >= 0.3 is 5.97 Å². The molecule has 0 aromatic rings. The van der Waals surface area contributed by atoms with Gasteiger partial charge in [0.1, 0.15) is 0 Å². The van der Waals surface area contributed by atoms with E-state index in [-0.39, 0.29) is 5.97 Å². The lowest BCUT2D eigenvalue weighted by molar-refractivity contribution is -0.140. The fourth-order valence-corrected chi connectivity index (χ4v) is 4.68. The predicted octanol–water partition coefficient (Wildman–Crippen LogP) is 2.69. The van der Waals surface area contributed by atoms with Crippen molar-refractivity contribution in [3.8, 4) is 0 Å². The third kappa shape index (κ3) is 1.19. The Bertz CT molecular complexity index is 383. The molecule has 0 N–H and O–H groups in total. The number of halogens is 1. The lowest BCUT2D eigenvalue weighted by Gasteiger charge is -2.39. The van der Waals surface area contributed by atoms with Crippen LogP contribution in [-0.2, 0) is 9.53 Å². The molecule has 2 nitrogen and oxygen atoms in total. The van der Waals surface area contributed by atoms with Crippen LogP contribution in [0.4, 0.5) is 0 Å². The van der Waals surface area contributed by atoms with Crippen LogP contribution in [0.25, 0.3) is 0 Å². The summed E-state index contributed by atoms with van der Waals surface area (Å²) in [5, 5.41) is 0. The van der Waals surface area contributed by atoms with Gasteiger partial charge in [-0.15, -0.1) is 0 Å². The summed E-state index contributed by atoms with van der Waals surface area (Å²) < 4.78 is 6.36. The molecule has 0 unspecified atom stereocenters. The maximum absolute atomic E-state index is 11.7. The Hall–Kier alpha value is -0.320. The Morgan fingerprint density at radius 2 is 2.13 bits per heavy atom. The summed E-state index contributed by atoms with van der Waals surface area (Å²) in [6, 6.07) is 0. The van der Waals surface area contributed by atoms with E-state index in [9.17, 15) is 4.79 Å². The standard InChI is InChI=1S/C12H13IO2/c1-2-15-12(14)10-8-6-3-4-7(5-6)9(8)11(10)13/h3-4,6-9H,2,5H2,1H3/t6-,7+,8+,9-/m1/s1. The van der Waals surface area contributed by atoms with Gasteiger partial charge in [-0.3, -0.25) is 0 Å². The van der Waals surface area contributed by atoms with Crippen LogP contribution >= 0.6 is 22.6 Å². The first-order valence-electron chi connectivity index (χ1n) is 5.49. The summed E-state index contributed by atoms with van der Waals surface area (Å²) in [5.74, 6) is 2.35. The quantitative estimate of drug-likeness (QED) is 0.445. The molecule has 0 amide bonds. The number of fused-ring (bicyclic) bond motifs is 5. The van der Waals surface area contributed by atoms with Gasteiger partial charge in [0.2, 0.25) is 0 Å². The molecule has 0 aliphatic heterocycles. The van der Waals surface area contributed by atoms with Gasteiger partial charge in [0.25, 0.3) is 0 Å². The van der Waals surface area contributed by atoms with Gasteiger partial charge in [0.05, 0.1) is 12.2 Å². The van der Waals surface area contributed by atoms with Gasteiger partial charge in [-0.25, -0.2) is 4.79 Å². The third-order valence-electron chi connectivity index (χ3n) is 3.84. The van der Waals surface area contributed by atoms with E-state index in [1.54, 1.807) is 0 Å². The topological polar surface area (TPSA) is 26.3 Å².